The number of rotatable bonds is 3. The monoisotopic (exact) mass is 334 g/mol. The van der Waals surface area contributed by atoms with Gasteiger partial charge in [0, 0.05) is 30.3 Å². The second kappa shape index (κ2) is 5.44. The Hall–Kier alpha value is -1.55. The highest BCUT2D eigenvalue weighted by molar-refractivity contribution is 9.10. The number of halogens is 2. The number of hydrogen-bond acceptors (Lipinski definition) is 2. The summed E-state index contributed by atoms with van der Waals surface area (Å²) in [5, 5.41) is 3.15. The number of fused-ring (bicyclic) bond motifs is 1. The van der Waals surface area contributed by atoms with E-state index < -0.39 is 0 Å². The van der Waals surface area contributed by atoms with E-state index in [4.69, 9.17) is 0 Å². The Balaban J connectivity index is 1.73. The molecule has 0 aliphatic carbocycles. The largest absolute Gasteiger partial charge is 0.379 e. The highest BCUT2D eigenvalue weighted by Crippen LogP contribution is 2.28. The minimum atomic E-state index is -0.236. The van der Waals surface area contributed by atoms with Crippen molar-refractivity contribution >= 4 is 27.3 Å². The van der Waals surface area contributed by atoms with Crippen LogP contribution in [0.1, 0.15) is 11.1 Å². The van der Waals surface area contributed by atoms with Gasteiger partial charge in [-0.3, -0.25) is 0 Å². The van der Waals surface area contributed by atoms with Gasteiger partial charge < -0.3 is 10.2 Å². The van der Waals surface area contributed by atoms with Crippen LogP contribution in [0.15, 0.2) is 40.9 Å². The number of hydrogen-bond donors (Lipinski definition) is 1. The molecule has 0 aromatic heterocycles. The molecule has 1 aliphatic heterocycles. The molecule has 3 rings (SSSR count). The van der Waals surface area contributed by atoms with E-state index in [0.29, 0.717) is 12.2 Å². The average Bonchev–Trinajstić information content (AvgIpc) is 2.79. The number of anilines is 2. The van der Waals surface area contributed by atoms with Gasteiger partial charge in [-0.05, 0) is 41.8 Å². The molecular formula is C16H16BrFN2. The first-order valence-electron chi connectivity index (χ1n) is 6.65. The van der Waals surface area contributed by atoms with Crippen LogP contribution in [0.4, 0.5) is 15.8 Å². The van der Waals surface area contributed by atoms with E-state index in [1.54, 1.807) is 6.07 Å². The minimum absolute atomic E-state index is 0.236. The fraction of sp³-hybridized carbons (Fsp3) is 0.250. The van der Waals surface area contributed by atoms with Crippen molar-refractivity contribution in [3.05, 3.63) is 57.8 Å². The van der Waals surface area contributed by atoms with Crippen molar-refractivity contribution in [1.82, 2.24) is 0 Å². The Morgan fingerprint density at radius 1 is 1.25 bits per heavy atom. The van der Waals surface area contributed by atoms with Crippen LogP contribution < -0.4 is 10.2 Å². The molecule has 2 nitrogen and oxygen atoms in total. The molecule has 20 heavy (non-hydrogen) atoms. The topological polar surface area (TPSA) is 15.3 Å². The molecule has 1 heterocycles. The lowest BCUT2D eigenvalue weighted by molar-refractivity contribution is 0.629. The van der Waals surface area contributed by atoms with Crippen LogP contribution in [0.5, 0.6) is 0 Å². The first-order chi connectivity index (χ1) is 9.63. The van der Waals surface area contributed by atoms with E-state index in [0.717, 1.165) is 17.4 Å². The van der Waals surface area contributed by atoms with Gasteiger partial charge in [-0.1, -0.05) is 28.1 Å². The number of benzene rings is 2. The summed E-state index contributed by atoms with van der Waals surface area (Å²) in [6.45, 7) is 1.71. The molecule has 0 amide bonds. The van der Waals surface area contributed by atoms with E-state index in [1.807, 2.05) is 6.07 Å². The van der Waals surface area contributed by atoms with Gasteiger partial charge in [0.15, 0.2) is 0 Å². The molecule has 104 valence electrons. The van der Waals surface area contributed by atoms with Gasteiger partial charge in [0.25, 0.3) is 0 Å². The molecule has 0 saturated heterocycles. The zero-order chi connectivity index (χ0) is 14.1. The smallest absolute Gasteiger partial charge is 0.147 e. The van der Waals surface area contributed by atoms with Gasteiger partial charge in [-0.2, -0.15) is 0 Å². The van der Waals surface area contributed by atoms with Gasteiger partial charge in [-0.25, -0.2) is 4.39 Å². The van der Waals surface area contributed by atoms with Crippen LogP contribution in [0.2, 0.25) is 0 Å². The average molecular weight is 335 g/mol. The van der Waals surface area contributed by atoms with Crippen molar-refractivity contribution in [2.75, 3.05) is 23.8 Å². The maximum absolute atomic E-state index is 13.7. The molecule has 2 aromatic carbocycles. The minimum Gasteiger partial charge on any atom is -0.379 e. The summed E-state index contributed by atoms with van der Waals surface area (Å²) in [6, 6.07) is 11.5. The van der Waals surface area contributed by atoms with E-state index in [2.05, 4.69) is 51.4 Å². The molecule has 1 N–H and O–H groups in total. The summed E-state index contributed by atoms with van der Waals surface area (Å²) in [7, 11) is 2.11. The molecule has 0 saturated carbocycles. The fourth-order valence-corrected chi connectivity index (χ4v) is 2.89. The van der Waals surface area contributed by atoms with E-state index in [9.17, 15) is 4.39 Å². The van der Waals surface area contributed by atoms with Crippen molar-refractivity contribution in [2.45, 2.75) is 13.0 Å². The first-order valence-corrected chi connectivity index (χ1v) is 7.44. The normalized spacial score (nSPS) is 13.4. The highest BCUT2D eigenvalue weighted by Gasteiger charge is 2.15. The van der Waals surface area contributed by atoms with E-state index in [-0.39, 0.29) is 5.82 Å². The maximum atomic E-state index is 13.7. The standard InChI is InChI=1S/C16H16BrFN2/c1-20-7-6-12-8-11(2-5-16(12)20)10-19-15-4-3-13(17)9-14(15)18/h2-5,8-9,19H,6-7,10H2,1H3. The van der Waals surface area contributed by atoms with Crippen molar-refractivity contribution in [3.63, 3.8) is 0 Å². The van der Waals surface area contributed by atoms with Gasteiger partial charge in [0.05, 0.1) is 5.69 Å². The second-order valence-corrected chi connectivity index (χ2v) is 6.03. The molecule has 4 heteroatoms. The summed E-state index contributed by atoms with van der Waals surface area (Å²) >= 11 is 3.26. The number of nitrogens with zero attached hydrogens (tertiary/aromatic N) is 1. The predicted octanol–water partition coefficient (Wildman–Crippen LogP) is 4.19. The summed E-state index contributed by atoms with van der Waals surface area (Å²) in [4.78, 5) is 2.26. The SMILES string of the molecule is CN1CCc2cc(CNc3ccc(Br)cc3F)ccc21. The molecule has 0 atom stereocenters. The third kappa shape index (κ3) is 2.66. The van der Waals surface area contributed by atoms with Crippen LogP contribution >= 0.6 is 15.9 Å². The van der Waals surface area contributed by atoms with Crippen LogP contribution in [0.25, 0.3) is 0 Å². The first kappa shape index (κ1) is 13.4. The molecule has 2 aromatic rings. The maximum Gasteiger partial charge on any atom is 0.147 e. The summed E-state index contributed by atoms with van der Waals surface area (Å²) < 4.78 is 14.5. The van der Waals surface area contributed by atoms with Crippen molar-refractivity contribution in [2.24, 2.45) is 0 Å². The Morgan fingerprint density at radius 2 is 2.10 bits per heavy atom. The van der Waals surface area contributed by atoms with Crippen LogP contribution in [0.3, 0.4) is 0 Å². The van der Waals surface area contributed by atoms with E-state index in [1.165, 1.54) is 22.9 Å². The van der Waals surface area contributed by atoms with E-state index >= 15 is 0 Å². The molecule has 0 radical (unpaired) electrons. The lowest BCUT2D eigenvalue weighted by atomic mass is 10.1. The van der Waals surface area contributed by atoms with Gasteiger partial charge in [0.2, 0.25) is 0 Å². The lowest BCUT2D eigenvalue weighted by Crippen LogP contribution is -2.12. The Bertz CT molecular complexity index is 642. The molecule has 0 spiro atoms. The van der Waals surface area contributed by atoms with Crippen LogP contribution in [-0.2, 0) is 13.0 Å². The zero-order valence-electron chi connectivity index (χ0n) is 11.3. The Morgan fingerprint density at radius 3 is 2.90 bits per heavy atom. The van der Waals surface area contributed by atoms with Crippen LogP contribution in [0, 0.1) is 5.82 Å². The number of likely N-dealkylation sites (N-methyl/N-ethyl adjacent to an activating group) is 1. The second-order valence-electron chi connectivity index (χ2n) is 5.11. The van der Waals surface area contributed by atoms with Gasteiger partial charge >= 0.3 is 0 Å². The quantitative estimate of drug-likeness (QED) is 0.905. The van der Waals surface area contributed by atoms with Crippen molar-refractivity contribution in [3.8, 4) is 0 Å². The highest BCUT2D eigenvalue weighted by atomic mass is 79.9. The summed E-state index contributed by atoms with van der Waals surface area (Å²) in [5.74, 6) is -0.236. The van der Waals surface area contributed by atoms with Gasteiger partial charge in [-0.15, -0.1) is 0 Å². The predicted molar refractivity (Wildman–Crippen MR) is 84.8 cm³/mol. The molecule has 0 fully saturated rings. The summed E-state index contributed by atoms with van der Waals surface area (Å²) in [5.41, 5.74) is 4.40. The van der Waals surface area contributed by atoms with Crippen LogP contribution in [-0.4, -0.2) is 13.6 Å². The lowest BCUT2D eigenvalue weighted by Gasteiger charge is -2.13. The Kier molecular flexibility index (Phi) is 3.66. The van der Waals surface area contributed by atoms with Crippen molar-refractivity contribution < 1.29 is 4.39 Å². The molecule has 0 bridgehead atoms. The summed E-state index contributed by atoms with van der Waals surface area (Å²) in [6.07, 6.45) is 1.09. The fourth-order valence-electron chi connectivity index (χ4n) is 2.56. The Labute approximate surface area is 126 Å². The molecule has 0 unspecified atom stereocenters. The van der Waals surface area contributed by atoms with Gasteiger partial charge in [0.1, 0.15) is 5.82 Å². The van der Waals surface area contributed by atoms with Crippen molar-refractivity contribution in [1.29, 1.82) is 0 Å². The third-order valence-corrected chi connectivity index (χ3v) is 4.18. The molecule has 1 aliphatic rings. The number of nitrogens with one attached hydrogen (secondary N) is 1. The molecular weight excluding hydrogens is 319 g/mol. The zero-order valence-corrected chi connectivity index (χ0v) is 12.9. The third-order valence-electron chi connectivity index (χ3n) is 3.69.